The molecule has 1 aliphatic carbocycles. The third kappa shape index (κ3) is 3.02. The van der Waals surface area contributed by atoms with Crippen LogP contribution in [-0.4, -0.2) is 59.9 Å². The molecular weight excluding hydrogens is 294 g/mol. The van der Waals surface area contributed by atoms with Crippen molar-refractivity contribution in [3.8, 4) is 6.07 Å². The molecule has 0 aromatic heterocycles. The number of rotatable bonds is 4. The van der Waals surface area contributed by atoms with Gasteiger partial charge in [0.15, 0.2) is 0 Å². The van der Waals surface area contributed by atoms with E-state index in [-0.39, 0.29) is 49.2 Å². The first-order chi connectivity index (χ1) is 9.74. The predicted molar refractivity (Wildman–Crippen MR) is 77.9 cm³/mol. The van der Waals surface area contributed by atoms with Crippen molar-refractivity contribution in [2.75, 3.05) is 19.8 Å². The fraction of sp³-hybridized carbons (Fsp3) is 0.857. The van der Waals surface area contributed by atoms with Crippen molar-refractivity contribution in [1.29, 1.82) is 5.26 Å². The molecule has 0 radical (unpaired) electrons. The molecule has 118 valence electrons. The molecule has 2 saturated heterocycles. The van der Waals surface area contributed by atoms with Crippen molar-refractivity contribution < 1.29 is 14.6 Å². The summed E-state index contributed by atoms with van der Waals surface area (Å²) in [5.41, 5.74) is 0. The van der Waals surface area contributed by atoms with Crippen LogP contribution in [-0.2, 0) is 9.53 Å². The minimum absolute atomic E-state index is 0. The van der Waals surface area contributed by atoms with E-state index in [0.717, 1.165) is 25.7 Å². The van der Waals surface area contributed by atoms with Crippen molar-refractivity contribution in [1.82, 2.24) is 10.2 Å². The molecule has 21 heavy (non-hydrogen) atoms. The third-order valence-electron chi connectivity index (χ3n) is 4.78. The third-order valence-corrected chi connectivity index (χ3v) is 4.78. The van der Waals surface area contributed by atoms with Crippen LogP contribution in [0.5, 0.6) is 0 Å². The quantitative estimate of drug-likeness (QED) is 0.766. The number of nitrogens with zero attached hydrogens (tertiary/aromatic N) is 2. The number of amides is 1. The van der Waals surface area contributed by atoms with Gasteiger partial charge in [0, 0.05) is 12.6 Å². The Kier molecular flexibility index (Phi) is 5.44. The van der Waals surface area contributed by atoms with E-state index in [9.17, 15) is 4.79 Å². The minimum Gasteiger partial charge on any atom is -0.394 e. The van der Waals surface area contributed by atoms with E-state index in [1.165, 1.54) is 0 Å². The maximum Gasteiger partial charge on any atom is 0.241 e. The van der Waals surface area contributed by atoms with E-state index < -0.39 is 0 Å². The van der Waals surface area contributed by atoms with Gasteiger partial charge in [-0.05, 0) is 31.6 Å². The summed E-state index contributed by atoms with van der Waals surface area (Å²) in [6, 6.07) is 2.04. The van der Waals surface area contributed by atoms with Crippen LogP contribution in [0.4, 0.5) is 0 Å². The van der Waals surface area contributed by atoms with Crippen molar-refractivity contribution in [2.24, 2.45) is 5.92 Å². The standard InChI is InChI=1S/C14H21N3O3.ClH/c15-8-10-2-1-3-17(10)14(19)13-9-6-11(16-13)12(7-9)20-5-4-18;/h9-13,16,18H,1-7H2;1H/t9-,10-,11+,12+,13-;/m0./s1. The van der Waals surface area contributed by atoms with E-state index >= 15 is 0 Å². The molecule has 2 bridgehead atoms. The Morgan fingerprint density at radius 3 is 2.90 bits per heavy atom. The van der Waals surface area contributed by atoms with E-state index in [0.29, 0.717) is 19.1 Å². The smallest absolute Gasteiger partial charge is 0.241 e. The lowest BCUT2D eigenvalue weighted by molar-refractivity contribution is -0.135. The second-order valence-corrected chi connectivity index (χ2v) is 5.93. The molecule has 1 saturated carbocycles. The minimum atomic E-state index is -0.245. The fourth-order valence-electron chi connectivity index (χ4n) is 3.86. The monoisotopic (exact) mass is 315 g/mol. The zero-order valence-corrected chi connectivity index (χ0v) is 12.7. The molecule has 0 aromatic carbocycles. The van der Waals surface area contributed by atoms with Crippen LogP contribution >= 0.6 is 12.4 Å². The number of piperidine rings is 1. The molecule has 2 aliphatic heterocycles. The number of aliphatic hydroxyl groups excluding tert-OH is 1. The number of likely N-dealkylation sites (tertiary alicyclic amines) is 1. The Morgan fingerprint density at radius 2 is 2.29 bits per heavy atom. The zero-order chi connectivity index (χ0) is 14.1. The van der Waals surface area contributed by atoms with Gasteiger partial charge in [-0.3, -0.25) is 4.79 Å². The number of aliphatic hydroxyl groups is 1. The maximum absolute atomic E-state index is 12.6. The van der Waals surface area contributed by atoms with Gasteiger partial charge in [0.1, 0.15) is 6.04 Å². The molecule has 2 N–H and O–H groups in total. The molecule has 7 heteroatoms. The number of nitrogens with one attached hydrogen (secondary N) is 1. The van der Waals surface area contributed by atoms with Crippen LogP contribution in [0.15, 0.2) is 0 Å². The number of halogens is 1. The van der Waals surface area contributed by atoms with Gasteiger partial charge in [-0.1, -0.05) is 0 Å². The van der Waals surface area contributed by atoms with Crippen LogP contribution in [0.2, 0.25) is 0 Å². The van der Waals surface area contributed by atoms with Gasteiger partial charge in [-0.25, -0.2) is 0 Å². The average Bonchev–Trinajstić information content (AvgIpc) is 3.17. The largest absolute Gasteiger partial charge is 0.394 e. The second kappa shape index (κ2) is 6.93. The van der Waals surface area contributed by atoms with Crippen molar-refractivity contribution in [2.45, 2.75) is 49.9 Å². The summed E-state index contributed by atoms with van der Waals surface area (Å²) in [4.78, 5) is 14.3. The Bertz CT molecular complexity index is 428. The molecular formula is C14H22ClN3O3. The van der Waals surface area contributed by atoms with E-state index in [1.807, 2.05) is 0 Å². The van der Waals surface area contributed by atoms with Crippen molar-refractivity contribution >= 4 is 18.3 Å². The van der Waals surface area contributed by atoms with Crippen LogP contribution in [0.3, 0.4) is 0 Å². The Labute approximate surface area is 130 Å². The highest BCUT2D eigenvalue weighted by molar-refractivity contribution is 5.85. The van der Waals surface area contributed by atoms with E-state index in [2.05, 4.69) is 11.4 Å². The van der Waals surface area contributed by atoms with Gasteiger partial charge in [0.05, 0.1) is 31.4 Å². The lowest BCUT2D eigenvalue weighted by Crippen LogP contribution is -2.53. The van der Waals surface area contributed by atoms with E-state index in [1.54, 1.807) is 4.90 Å². The summed E-state index contributed by atoms with van der Waals surface area (Å²) < 4.78 is 5.59. The van der Waals surface area contributed by atoms with Gasteiger partial charge in [0.2, 0.25) is 5.91 Å². The summed E-state index contributed by atoms with van der Waals surface area (Å²) in [5, 5.41) is 21.3. The Balaban J connectivity index is 0.00000161. The fourth-order valence-corrected chi connectivity index (χ4v) is 3.86. The molecule has 0 spiro atoms. The van der Waals surface area contributed by atoms with Crippen LogP contribution in [0.25, 0.3) is 0 Å². The SMILES string of the molecule is Cl.N#C[C@@H]1CCCN1C(=O)[C@H]1N[C@@H]2C[C@H]1C[C@H]2OCCO. The molecule has 6 nitrogen and oxygen atoms in total. The molecule has 2 heterocycles. The Morgan fingerprint density at radius 1 is 1.48 bits per heavy atom. The first-order valence-corrected chi connectivity index (χ1v) is 7.43. The van der Waals surface area contributed by atoms with Gasteiger partial charge in [0.25, 0.3) is 0 Å². The molecule has 3 aliphatic rings. The predicted octanol–water partition coefficient (Wildman–Crippen LogP) is 0.0507. The zero-order valence-electron chi connectivity index (χ0n) is 11.9. The molecule has 1 amide bonds. The van der Waals surface area contributed by atoms with Crippen LogP contribution in [0.1, 0.15) is 25.7 Å². The summed E-state index contributed by atoms with van der Waals surface area (Å²) in [6.07, 6.45) is 3.66. The maximum atomic E-state index is 12.6. The molecule has 3 rings (SSSR count). The van der Waals surface area contributed by atoms with Gasteiger partial charge in [-0.15, -0.1) is 12.4 Å². The molecule has 3 fully saturated rings. The van der Waals surface area contributed by atoms with Gasteiger partial charge < -0.3 is 20.1 Å². The summed E-state index contributed by atoms with van der Waals surface area (Å²) in [6.45, 7) is 1.10. The first-order valence-electron chi connectivity index (χ1n) is 7.43. The van der Waals surface area contributed by atoms with Crippen molar-refractivity contribution in [3.63, 3.8) is 0 Å². The molecule has 5 atom stereocenters. The number of carbonyl (C=O) groups is 1. The lowest BCUT2D eigenvalue weighted by Gasteiger charge is -2.32. The van der Waals surface area contributed by atoms with Gasteiger partial charge >= 0.3 is 0 Å². The highest BCUT2D eigenvalue weighted by Gasteiger charge is 2.50. The highest BCUT2D eigenvalue weighted by atomic mass is 35.5. The Hall–Kier alpha value is -0.870. The van der Waals surface area contributed by atoms with Gasteiger partial charge in [-0.2, -0.15) is 5.26 Å². The number of fused-ring (bicyclic) bond motifs is 2. The normalized spacial score (nSPS) is 37.3. The van der Waals surface area contributed by atoms with Crippen LogP contribution < -0.4 is 5.32 Å². The number of hydrogen-bond acceptors (Lipinski definition) is 5. The van der Waals surface area contributed by atoms with Crippen LogP contribution in [0, 0.1) is 17.2 Å². The average molecular weight is 316 g/mol. The highest BCUT2D eigenvalue weighted by Crippen LogP contribution is 2.38. The topological polar surface area (TPSA) is 85.6 Å². The summed E-state index contributed by atoms with van der Waals surface area (Å²) in [5.74, 6) is 0.387. The molecule has 0 unspecified atom stereocenters. The summed E-state index contributed by atoms with van der Waals surface area (Å²) in [7, 11) is 0. The first kappa shape index (κ1) is 16.5. The number of ether oxygens (including phenoxy) is 1. The molecule has 0 aromatic rings. The van der Waals surface area contributed by atoms with E-state index in [4.69, 9.17) is 15.1 Å². The number of hydrogen-bond donors (Lipinski definition) is 2. The number of carbonyl (C=O) groups excluding carboxylic acids is 1. The summed E-state index contributed by atoms with van der Waals surface area (Å²) >= 11 is 0. The number of nitriles is 1. The lowest BCUT2D eigenvalue weighted by atomic mass is 9.97. The second-order valence-electron chi connectivity index (χ2n) is 5.93. The van der Waals surface area contributed by atoms with Crippen molar-refractivity contribution in [3.05, 3.63) is 0 Å².